The van der Waals surface area contributed by atoms with Crippen LogP contribution in [0.3, 0.4) is 0 Å². The van der Waals surface area contributed by atoms with Crippen molar-refractivity contribution in [2.45, 2.75) is 12.5 Å². The van der Waals surface area contributed by atoms with Crippen LogP contribution in [0.2, 0.25) is 0 Å². The van der Waals surface area contributed by atoms with Crippen molar-refractivity contribution in [2.75, 3.05) is 7.05 Å². The molecular formula is C12H11Br2N3S2. The van der Waals surface area contributed by atoms with E-state index in [9.17, 15) is 0 Å². The highest BCUT2D eigenvalue weighted by Crippen LogP contribution is 2.36. The first-order valence-electron chi connectivity index (χ1n) is 5.70. The molecule has 0 aliphatic rings. The van der Waals surface area contributed by atoms with Gasteiger partial charge in [0.2, 0.25) is 0 Å². The number of nitrogens with zero attached hydrogens (tertiary/aromatic N) is 2. The van der Waals surface area contributed by atoms with Crippen molar-refractivity contribution in [1.29, 1.82) is 0 Å². The summed E-state index contributed by atoms with van der Waals surface area (Å²) in [6, 6.07) is 2.43. The van der Waals surface area contributed by atoms with Gasteiger partial charge in [0.1, 0.15) is 0 Å². The number of thiophene rings is 1. The monoisotopic (exact) mass is 419 g/mol. The van der Waals surface area contributed by atoms with Gasteiger partial charge in [-0.2, -0.15) is 0 Å². The zero-order valence-corrected chi connectivity index (χ0v) is 14.9. The van der Waals surface area contributed by atoms with Crippen molar-refractivity contribution in [1.82, 2.24) is 14.7 Å². The third-order valence-corrected chi connectivity index (χ3v) is 6.12. The highest BCUT2D eigenvalue weighted by Gasteiger charge is 2.17. The van der Waals surface area contributed by atoms with Crippen LogP contribution in [0, 0.1) is 0 Å². The van der Waals surface area contributed by atoms with Crippen LogP contribution in [0.15, 0.2) is 31.4 Å². The molecule has 0 aliphatic carbocycles. The summed E-state index contributed by atoms with van der Waals surface area (Å²) in [5.74, 6) is 0. The SMILES string of the molecule is CNC(Cc1cn2ccsc2n1)c1cc(Br)sc1Br. The molecule has 1 unspecified atom stereocenters. The number of halogens is 2. The zero-order valence-electron chi connectivity index (χ0n) is 10.1. The lowest BCUT2D eigenvalue weighted by molar-refractivity contribution is 0.586. The maximum Gasteiger partial charge on any atom is 0.193 e. The standard InChI is InChI=1S/C12H11Br2N3S2/c1-15-9(8-5-10(13)19-11(8)14)4-7-6-17-2-3-18-12(17)16-7/h2-3,5-6,9,15H,4H2,1H3. The highest BCUT2D eigenvalue weighted by molar-refractivity contribution is 9.12. The van der Waals surface area contributed by atoms with Crippen molar-refractivity contribution in [2.24, 2.45) is 0 Å². The normalized spacial score (nSPS) is 13.2. The number of imidazole rings is 1. The van der Waals surface area contributed by atoms with E-state index in [2.05, 4.69) is 58.8 Å². The summed E-state index contributed by atoms with van der Waals surface area (Å²) in [7, 11) is 1.99. The molecule has 1 N–H and O–H groups in total. The number of hydrogen-bond donors (Lipinski definition) is 1. The van der Waals surface area contributed by atoms with Crippen LogP contribution in [0.25, 0.3) is 4.96 Å². The molecule has 3 rings (SSSR count). The van der Waals surface area contributed by atoms with Gasteiger partial charge in [-0.3, -0.25) is 4.40 Å². The van der Waals surface area contributed by atoms with Crippen molar-refractivity contribution in [3.05, 3.63) is 42.7 Å². The Labute approximate surface area is 135 Å². The minimum absolute atomic E-state index is 0.265. The quantitative estimate of drug-likeness (QED) is 0.673. The molecular weight excluding hydrogens is 410 g/mol. The van der Waals surface area contributed by atoms with E-state index in [1.165, 1.54) is 9.35 Å². The van der Waals surface area contributed by atoms with E-state index >= 15 is 0 Å². The van der Waals surface area contributed by atoms with Gasteiger partial charge in [-0.05, 0) is 50.5 Å². The average Bonchev–Trinajstić information content (AvgIpc) is 3.00. The summed E-state index contributed by atoms with van der Waals surface area (Å²) < 4.78 is 4.38. The van der Waals surface area contributed by atoms with Gasteiger partial charge in [0.05, 0.1) is 13.3 Å². The number of rotatable bonds is 4. The van der Waals surface area contributed by atoms with E-state index in [0.717, 1.165) is 20.9 Å². The Balaban J connectivity index is 1.87. The molecule has 0 saturated heterocycles. The van der Waals surface area contributed by atoms with E-state index < -0.39 is 0 Å². The minimum atomic E-state index is 0.265. The molecule has 3 aromatic rings. The molecule has 19 heavy (non-hydrogen) atoms. The van der Waals surface area contributed by atoms with Gasteiger partial charge in [-0.1, -0.05) is 0 Å². The summed E-state index contributed by atoms with van der Waals surface area (Å²) in [5.41, 5.74) is 2.39. The number of fused-ring (bicyclic) bond motifs is 1. The maximum absolute atomic E-state index is 4.64. The Morgan fingerprint density at radius 2 is 2.32 bits per heavy atom. The molecule has 0 spiro atoms. The lowest BCUT2D eigenvalue weighted by Crippen LogP contribution is -2.18. The first-order valence-corrected chi connectivity index (χ1v) is 8.98. The predicted octanol–water partition coefficient (Wildman–Crippen LogP) is 4.49. The van der Waals surface area contributed by atoms with Gasteiger partial charge in [0.25, 0.3) is 0 Å². The van der Waals surface area contributed by atoms with Gasteiger partial charge < -0.3 is 5.32 Å². The van der Waals surface area contributed by atoms with Crippen LogP contribution in [0.5, 0.6) is 0 Å². The van der Waals surface area contributed by atoms with Crippen LogP contribution in [-0.2, 0) is 6.42 Å². The maximum atomic E-state index is 4.64. The third kappa shape index (κ3) is 2.80. The van der Waals surface area contributed by atoms with Crippen LogP contribution in [-0.4, -0.2) is 16.4 Å². The van der Waals surface area contributed by atoms with Crippen LogP contribution in [0.1, 0.15) is 17.3 Å². The van der Waals surface area contributed by atoms with Gasteiger partial charge in [0.15, 0.2) is 4.96 Å². The van der Waals surface area contributed by atoms with E-state index in [1.54, 1.807) is 22.7 Å². The second-order valence-electron chi connectivity index (χ2n) is 4.15. The molecule has 100 valence electrons. The molecule has 0 aliphatic heterocycles. The molecule has 3 heterocycles. The summed E-state index contributed by atoms with van der Waals surface area (Å²) in [4.78, 5) is 5.69. The van der Waals surface area contributed by atoms with Crippen LogP contribution in [0.4, 0.5) is 0 Å². The molecule has 1 atom stereocenters. The molecule has 0 aromatic carbocycles. The van der Waals surface area contributed by atoms with Crippen molar-refractivity contribution < 1.29 is 0 Å². The first-order chi connectivity index (χ1) is 9.17. The predicted molar refractivity (Wildman–Crippen MR) is 88.3 cm³/mol. The lowest BCUT2D eigenvalue weighted by atomic mass is 10.1. The Bertz CT molecular complexity index is 672. The molecule has 0 fully saturated rings. The second-order valence-corrected chi connectivity index (χ2v) is 8.77. The Morgan fingerprint density at radius 3 is 2.95 bits per heavy atom. The molecule has 0 radical (unpaired) electrons. The van der Waals surface area contributed by atoms with Crippen LogP contribution < -0.4 is 5.32 Å². The number of aromatic nitrogens is 2. The van der Waals surface area contributed by atoms with Crippen molar-refractivity contribution in [3.8, 4) is 0 Å². The molecule has 3 nitrogen and oxygen atoms in total. The smallest absolute Gasteiger partial charge is 0.193 e. The van der Waals surface area contributed by atoms with E-state index in [1.807, 2.05) is 18.6 Å². The summed E-state index contributed by atoms with van der Waals surface area (Å²) in [6.07, 6.45) is 5.03. The summed E-state index contributed by atoms with van der Waals surface area (Å²) in [6.45, 7) is 0. The van der Waals surface area contributed by atoms with E-state index in [4.69, 9.17) is 0 Å². The van der Waals surface area contributed by atoms with Gasteiger partial charge in [-0.15, -0.1) is 22.7 Å². The van der Waals surface area contributed by atoms with Gasteiger partial charge in [-0.25, -0.2) is 4.98 Å². The highest BCUT2D eigenvalue weighted by atomic mass is 79.9. The minimum Gasteiger partial charge on any atom is -0.313 e. The Kier molecular flexibility index (Phi) is 4.09. The van der Waals surface area contributed by atoms with Gasteiger partial charge >= 0.3 is 0 Å². The topological polar surface area (TPSA) is 29.3 Å². The number of thiazole rings is 1. The van der Waals surface area contributed by atoms with Gasteiger partial charge in [0, 0.05) is 30.2 Å². The Hall–Kier alpha value is -0.210. The molecule has 0 saturated carbocycles. The molecule has 0 amide bonds. The molecule has 7 heteroatoms. The second kappa shape index (κ2) is 5.65. The number of nitrogens with one attached hydrogen (secondary N) is 1. The summed E-state index contributed by atoms with van der Waals surface area (Å²) >= 11 is 10.5. The fourth-order valence-electron chi connectivity index (χ4n) is 2.04. The van der Waals surface area contributed by atoms with Crippen LogP contribution >= 0.6 is 54.5 Å². The van der Waals surface area contributed by atoms with Crippen molar-refractivity contribution in [3.63, 3.8) is 0 Å². The zero-order chi connectivity index (χ0) is 13.4. The molecule has 0 bridgehead atoms. The average molecular weight is 421 g/mol. The van der Waals surface area contributed by atoms with E-state index in [0.29, 0.717) is 0 Å². The first kappa shape index (κ1) is 13.8. The molecule has 3 aromatic heterocycles. The van der Waals surface area contributed by atoms with E-state index in [-0.39, 0.29) is 6.04 Å². The fourth-order valence-corrected chi connectivity index (χ4v) is 5.73. The summed E-state index contributed by atoms with van der Waals surface area (Å²) in [5, 5.41) is 5.42. The van der Waals surface area contributed by atoms with Crippen molar-refractivity contribution >= 4 is 59.5 Å². The largest absolute Gasteiger partial charge is 0.313 e. The Morgan fingerprint density at radius 1 is 1.47 bits per heavy atom. The number of hydrogen-bond acceptors (Lipinski definition) is 4. The third-order valence-electron chi connectivity index (χ3n) is 2.96. The number of likely N-dealkylation sites (N-methyl/N-ethyl adjacent to an activating group) is 1. The fraction of sp³-hybridized carbons (Fsp3) is 0.250. The lowest BCUT2D eigenvalue weighted by Gasteiger charge is -2.14.